The molecule has 4 fully saturated rings. The Morgan fingerprint density at radius 2 is 2.03 bits per heavy atom. The normalized spacial score (nSPS) is 27.5. The molecule has 2 unspecified atom stereocenters. The molecule has 200 valence electrons. The van der Waals surface area contributed by atoms with E-state index in [1.54, 1.807) is 19.1 Å². The molecular formula is C27H28ClFN4O4S. The summed E-state index contributed by atoms with van der Waals surface area (Å²) in [7, 11) is 1.43. The molecule has 1 aromatic carbocycles. The number of anilines is 1. The summed E-state index contributed by atoms with van der Waals surface area (Å²) < 4.78 is 26.9. The number of carbonyl (C=O) groups is 1. The van der Waals surface area contributed by atoms with Gasteiger partial charge in [0.25, 0.3) is 5.91 Å². The van der Waals surface area contributed by atoms with E-state index < -0.39 is 11.7 Å². The van der Waals surface area contributed by atoms with Crippen molar-refractivity contribution >= 4 is 34.0 Å². The van der Waals surface area contributed by atoms with Gasteiger partial charge < -0.3 is 14.6 Å². The number of hydrogen-bond donors (Lipinski definition) is 2. The number of hydrogen-bond acceptors (Lipinski definition) is 8. The molecule has 4 bridgehead atoms. The number of aliphatic hydroxyl groups is 1. The molecule has 2 heterocycles. The van der Waals surface area contributed by atoms with E-state index in [4.69, 9.17) is 21.1 Å². The van der Waals surface area contributed by atoms with Crippen molar-refractivity contribution in [2.45, 2.75) is 57.3 Å². The zero-order chi connectivity index (χ0) is 26.6. The Labute approximate surface area is 228 Å². The minimum absolute atomic E-state index is 0.0797. The van der Waals surface area contributed by atoms with Gasteiger partial charge in [-0.1, -0.05) is 22.9 Å². The fourth-order valence-corrected chi connectivity index (χ4v) is 7.55. The number of methoxy groups -OCH3 is 1. The third kappa shape index (κ3) is 4.57. The van der Waals surface area contributed by atoms with Crippen LogP contribution in [-0.4, -0.2) is 45.0 Å². The highest BCUT2D eigenvalue weighted by molar-refractivity contribution is 7.15. The monoisotopic (exact) mass is 558 g/mol. The second-order valence-electron chi connectivity index (χ2n) is 10.7. The predicted molar refractivity (Wildman–Crippen MR) is 141 cm³/mol. The van der Waals surface area contributed by atoms with Crippen molar-refractivity contribution in [1.82, 2.24) is 15.2 Å². The van der Waals surface area contributed by atoms with Crippen LogP contribution in [0.15, 0.2) is 24.4 Å². The second-order valence-corrected chi connectivity index (χ2v) is 12.2. The molecular weight excluding hydrogens is 531 g/mol. The molecule has 11 heteroatoms. The van der Waals surface area contributed by atoms with E-state index in [0.717, 1.165) is 32.1 Å². The Hall–Kier alpha value is -2.66. The topological polar surface area (TPSA) is 106 Å². The molecule has 1 amide bonds. The molecule has 2 aromatic heterocycles. The fourth-order valence-electron chi connectivity index (χ4n) is 6.74. The van der Waals surface area contributed by atoms with Crippen LogP contribution in [0, 0.1) is 30.5 Å². The average Bonchev–Trinajstić information content (AvgIpc) is 3.34. The zero-order valence-electron chi connectivity index (χ0n) is 21.0. The van der Waals surface area contributed by atoms with Crippen LogP contribution in [-0.2, 0) is 11.3 Å². The lowest BCUT2D eigenvalue weighted by Gasteiger charge is -2.58. The van der Waals surface area contributed by atoms with Gasteiger partial charge in [0.1, 0.15) is 17.4 Å². The maximum absolute atomic E-state index is 15.1. The SMILES string of the molecule is COc1ccc(Cl)c(F)c1-c1cc(C)ncc1C(=O)Nc1nnc(COC23CC4CC(C2)C(O)C(C4)C3)s1. The molecule has 4 aliphatic rings. The number of aliphatic hydroxyl groups excluding tert-OH is 1. The molecule has 0 saturated heterocycles. The van der Waals surface area contributed by atoms with Crippen LogP contribution in [0.3, 0.4) is 0 Å². The number of ether oxygens (including phenoxy) is 2. The maximum atomic E-state index is 15.1. The van der Waals surface area contributed by atoms with Gasteiger partial charge in [-0.2, -0.15) is 0 Å². The van der Waals surface area contributed by atoms with E-state index in [2.05, 4.69) is 20.5 Å². The maximum Gasteiger partial charge on any atom is 0.259 e. The van der Waals surface area contributed by atoms with Gasteiger partial charge in [-0.25, -0.2) is 4.39 Å². The van der Waals surface area contributed by atoms with E-state index in [1.807, 2.05) is 0 Å². The Kier molecular flexibility index (Phi) is 6.62. The molecule has 0 spiro atoms. The van der Waals surface area contributed by atoms with Crippen LogP contribution in [0.5, 0.6) is 5.75 Å². The minimum atomic E-state index is -0.682. The van der Waals surface area contributed by atoms with Crippen LogP contribution in [0.1, 0.15) is 53.2 Å². The predicted octanol–water partition coefficient (Wildman–Crippen LogP) is 5.42. The summed E-state index contributed by atoms with van der Waals surface area (Å²) >= 11 is 7.28. The number of aryl methyl sites for hydroxylation is 1. The Balaban J connectivity index is 1.19. The van der Waals surface area contributed by atoms with Crippen molar-refractivity contribution in [3.05, 3.63) is 51.5 Å². The highest BCUT2D eigenvalue weighted by Crippen LogP contribution is 2.57. The summed E-state index contributed by atoms with van der Waals surface area (Å²) in [4.78, 5) is 17.5. The summed E-state index contributed by atoms with van der Waals surface area (Å²) in [6.45, 7) is 2.06. The van der Waals surface area contributed by atoms with Crippen molar-refractivity contribution in [3.8, 4) is 16.9 Å². The van der Waals surface area contributed by atoms with E-state index in [-0.39, 0.29) is 33.6 Å². The van der Waals surface area contributed by atoms with Gasteiger partial charge in [0.05, 0.1) is 35.0 Å². The van der Waals surface area contributed by atoms with Crippen molar-refractivity contribution < 1.29 is 23.8 Å². The molecule has 2 N–H and O–H groups in total. The highest BCUT2D eigenvalue weighted by atomic mass is 35.5. The average molecular weight is 559 g/mol. The summed E-state index contributed by atoms with van der Waals surface area (Å²) in [6.07, 6.45) is 6.19. The quantitative estimate of drug-likeness (QED) is 0.399. The third-order valence-corrected chi connectivity index (χ3v) is 9.29. The number of nitrogens with one attached hydrogen (secondary N) is 1. The van der Waals surface area contributed by atoms with Crippen LogP contribution in [0.2, 0.25) is 5.02 Å². The standard InChI is InChI=1S/C27H28ClFN4O4S/c1-13-5-17(22-20(36-2)4-3-19(28)23(22)29)18(11-30-13)25(35)31-26-33-32-21(38-26)12-37-27-8-14-6-15(9-27)24(34)16(7-14)10-27/h3-5,11,14-16,24,34H,6-10,12H2,1-2H3,(H,31,33,35). The van der Waals surface area contributed by atoms with Gasteiger partial charge in [-0.3, -0.25) is 15.1 Å². The van der Waals surface area contributed by atoms with Crippen LogP contribution >= 0.6 is 22.9 Å². The fraction of sp³-hybridized carbons (Fsp3) is 0.481. The number of carbonyl (C=O) groups excluding carboxylic acids is 1. The number of benzene rings is 1. The van der Waals surface area contributed by atoms with Gasteiger partial charge >= 0.3 is 0 Å². The molecule has 3 aromatic rings. The lowest BCUT2D eigenvalue weighted by Crippen LogP contribution is -2.57. The van der Waals surface area contributed by atoms with Gasteiger partial charge in [0.15, 0.2) is 5.82 Å². The number of pyridine rings is 1. The zero-order valence-corrected chi connectivity index (χ0v) is 22.6. The van der Waals surface area contributed by atoms with Crippen LogP contribution < -0.4 is 10.1 Å². The first-order valence-electron chi connectivity index (χ1n) is 12.7. The van der Waals surface area contributed by atoms with Crippen molar-refractivity contribution in [3.63, 3.8) is 0 Å². The first-order valence-corrected chi connectivity index (χ1v) is 13.9. The summed E-state index contributed by atoms with van der Waals surface area (Å²) in [5.41, 5.74) is 0.945. The molecule has 8 nitrogen and oxygen atoms in total. The minimum Gasteiger partial charge on any atom is -0.496 e. The lowest BCUT2D eigenvalue weighted by molar-refractivity contribution is -0.205. The molecule has 0 aliphatic heterocycles. The third-order valence-electron chi connectivity index (χ3n) is 8.19. The van der Waals surface area contributed by atoms with Gasteiger partial charge in [-0.15, -0.1) is 10.2 Å². The molecule has 0 radical (unpaired) electrons. The first kappa shape index (κ1) is 25.6. The van der Waals surface area contributed by atoms with Crippen LogP contribution in [0.4, 0.5) is 9.52 Å². The van der Waals surface area contributed by atoms with Gasteiger partial charge in [0, 0.05) is 17.5 Å². The smallest absolute Gasteiger partial charge is 0.259 e. The Morgan fingerprint density at radius 1 is 1.26 bits per heavy atom. The number of amides is 1. The molecule has 4 saturated carbocycles. The Bertz CT molecular complexity index is 1390. The van der Waals surface area contributed by atoms with E-state index >= 15 is 4.39 Å². The number of nitrogens with zero attached hydrogens (tertiary/aromatic N) is 3. The van der Waals surface area contributed by atoms with E-state index in [0.29, 0.717) is 45.8 Å². The number of aromatic nitrogens is 3. The Morgan fingerprint density at radius 3 is 2.76 bits per heavy atom. The van der Waals surface area contributed by atoms with Crippen LogP contribution in [0.25, 0.3) is 11.1 Å². The van der Waals surface area contributed by atoms with Crippen molar-refractivity contribution in [1.29, 1.82) is 0 Å². The summed E-state index contributed by atoms with van der Waals surface area (Å²) in [5.74, 6) is 0.335. The van der Waals surface area contributed by atoms with Crippen molar-refractivity contribution in [2.24, 2.45) is 17.8 Å². The lowest BCUT2D eigenvalue weighted by atomic mass is 9.53. The number of halogens is 2. The second kappa shape index (κ2) is 9.82. The first-order chi connectivity index (χ1) is 18.2. The van der Waals surface area contributed by atoms with E-state index in [1.165, 1.54) is 30.7 Å². The molecule has 7 rings (SSSR count). The molecule has 2 atom stereocenters. The summed E-state index contributed by atoms with van der Waals surface area (Å²) in [5, 5.41) is 22.5. The highest BCUT2D eigenvalue weighted by Gasteiger charge is 2.55. The number of rotatable bonds is 7. The molecule has 4 aliphatic carbocycles. The molecule has 38 heavy (non-hydrogen) atoms. The largest absolute Gasteiger partial charge is 0.496 e. The summed E-state index contributed by atoms with van der Waals surface area (Å²) in [6, 6.07) is 4.58. The van der Waals surface area contributed by atoms with Gasteiger partial charge in [-0.05, 0) is 75.0 Å². The van der Waals surface area contributed by atoms with Gasteiger partial charge in [0.2, 0.25) is 5.13 Å². The van der Waals surface area contributed by atoms with Crippen molar-refractivity contribution in [2.75, 3.05) is 12.4 Å². The van der Waals surface area contributed by atoms with E-state index in [9.17, 15) is 9.90 Å².